The van der Waals surface area contributed by atoms with Crippen molar-refractivity contribution >= 4 is 23.5 Å². The van der Waals surface area contributed by atoms with E-state index in [0.29, 0.717) is 25.3 Å². The van der Waals surface area contributed by atoms with Crippen molar-refractivity contribution in [1.82, 2.24) is 14.7 Å². The monoisotopic (exact) mass is 456 g/mol. The lowest BCUT2D eigenvalue weighted by Crippen LogP contribution is -2.72. The van der Waals surface area contributed by atoms with Gasteiger partial charge < -0.3 is 25.8 Å². The minimum Gasteiger partial charge on any atom is -0.465 e. The molecule has 174 valence electrons. The maximum absolute atomic E-state index is 13.2. The van der Waals surface area contributed by atoms with E-state index in [1.54, 1.807) is 6.92 Å². The number of ether oxygens (including phenoxy) is 1. The summed E-state index contributed by atoms with van der Waals surface area (Å²) < 4.78 is 20.2. The van der Waals surface area contributed by atoms with Crippen molar-refractivity contribution in [3.8, 4) is 6.07 Å². The molecule has 4 rings (SSSR count). The van der Waals surface area contributed by atoms with E-state index < -0.39 is 40.7 Å². The SMILES string of the molecule is CC1(C2(C)C(C#N)C(n3cc(C(N)=O)c(Nc4ccc(F)cc4)n3)CCN2C(=O)O)COC1. The van der Waals surface area contributed by atoms with Crippen molar-refractivity contribution in [2.24, 2.45) is 17.1 Å². The average Bonchev–Trinajstić information content (AvgIpc) is 3.16. The third kappa shape index (κ3) is 3.56. The number of piperidine rings is 1. The van der Waals surface area contributed by atoms with Crippen molar-refractivity contribution < 1.29 is 23.8 Å². The molecule has 4 N–H and O–H groups in total. The number of aromatic nitrogens is 2. The van der Waals surface area contributed by atoms with Crippen LogP contribution in [-0.2, 0) is 4.74 Å². The molecule has 2 fully saturated rings. The molecule has 3 unspecified atom stereocenters. The summed E-state index contributed by atoms with van der Waals surface area (Å²) >= 11 is 0. The van der Waals surface area contributed by atoms with E-state index in [1.807, 2.05) is 6.92 Å². The fourth-order valence-electron chi connectivity index (χ4n) is 4.90. The Bertz CT molecular complexity index is 1120. The van der Waals surface area contributed by atoms with Gasteiger partial charge in [-0.15, -0.1) is 0 Å². The summed E-state index contributed by atoms with van der Waals surface area (Å²) in [6.45, 7) is 4.55. The highest BCUT2D eigenvalue weighted by Crippen LogP contribution is 2.52. The molecule has 1 aromatic carbocycles. The molecule has 2 aliphatic rings. The molecule has 0 radical (unpaired) electrons. The number of carbonyl (C=O) groups is 2. The van der Waals surface area contributed by atoms with Crippen LogP contribution in [0.3, 0.4) is 0 Å². The number of carboxylic acid groups (broad SMARTS) is 1. The topological polar surface area (TPSA) is 146 Å². The number of rotatable bonds is 5. The number of carbonyl (C=O) groups excluding carboxylic acids is 1. The number of primary amides is 1. The zero-order valence-corrected chi connectivity index (χ0v) is 18.3. The molecule has 0 saturated carbocycles. The van der Waals surface area contributed by atoms with Crippen LogP contribution in [0.5, 0.6) is 0 Å². The molecule has 10 nitrogen and oxygen atoms in total. The Balaban J connectivity index is 1.73. The van der Waals surface area contributed by atoms with E-state index in [0.717, 1.165) is 0 Å². The number of nitrogens with one attached hydrogen (secondary N) is 1. The van der Waals surface area contributed by atoms with Gasteiger partial charge in [0.15, 0.2) is 5.82 Å². The Morgan fingerprint density at radius 1 is 1.33 bits per heavy atom. The van der Waals surface area contributed by atoms with Gasteiger partial charge in [-0.05, 0) is 37.6 Å². The zero-order chi connectivity index (χ0) is 24.0. The molecule has 0 spiro atoms. The van der Waals surface area contributed by atoms with E-state index in [4.69, 9.17) is 10.5 Å². The fraction of sp³-hybridized carbons (Fsp3) is 0.455. The number of anilines is 2. The van der Waals surface area contributed by atoms with Crippen molar-refractivity contribution in [2.75, 3.05) is 25.1 Å². The Morgan fingerprint density at radius 2 is 2.00 bits per heavy atom. The first-order valence-corrected chi connectivity index (χ1v) is 10.5. The van der Waals surface area contributed by atoms with Crippen LogP contribution in [0.1, 0.15) is 36.7 Å². The minimum absolute atomic E-state index is 0.108. The number of hydrogen-bond donors (Lipinski definition) is 3. The van der Waals surface area contributed by atoms with Gasteiger partial charge in [-0.2, -0.15) is 10.4 Å². The van der Waals surface area contributed by atoms with Crippen LogP contribution in [0.15, 0.2) is 30.5 Å². The quantitative estimate of drug-likeness (QED) is 0.627. The number of nitrogens with two attached hydrogens (primary N) is 1. The van der Waals surface area contributed by atoms with E-state index >= 15 is 0 Å². The number of amides is 2. The summed E-state index contributed by atoms with van der Waals surface area (Å²) in [5.41, 5.74) is 4.57. The Morgan fingerprint density at radius 3 is 2.52 bits per heavy atom. The molecule has 11 heteroatoms. The highest BCUT2D eigenvalue weighted by Gasteiger charge is 2.62. The zero-order valence-electron chi connectivity index (χ0n) is 18.3. The van der Waals surface area contributed by atoms with Crippen molar-refractivity contribution in [3.05, 3.63) is 41.8 Å². The summed E-state index contributed by atoms with van der Waals surface area (Å²) in [6, 6.07) is 7.34. The maximum Gasteiger partial charge on any atom is 0.407 e. The smallest absolute Gasteiger partial charge is 0.407 e. The van der Waals surface area contributed by atoms with Crippen LogP contribution >= 0.6 is 0 Å². The molecule has 2 saturated heterocycles. The summed E-state index contributed by atoms with van der Waals surface area (Å²) in [6.07, 6.45) is 0.702. The highest BCUT2D eigenvalue weighted by atomic mass is 19.1. The van der Waals surface area contributed by atoms with Crippen molar-refractivity contribution in [2.45, 2.75) is 31.8 Å². The van der Waals surface area contributed by atoms with Crippen LogP contribution in [0, 0.1) is 28.5 Å². The Kier molecular flexibility index (Phi) is 5.49. The summed E-state index contributed by atoms with van der Waals surface area (Å²) in [5, 5.41) is 27.5. The lowest BCUT2D eigenvalue weighted by molar-refractivity contribution is -0.198. The maximum atomic E-state index is 13.2. The molecular weight excluding hydrogens is 431 g/mol. The lowest BCUT2D eigenvalue weighted by atomic mass is 9.59. The molecular formula is C22H25FN6O4. The van der Waals surface area contributed by atoms with Crippen LogP contribution in [0.2, 0.25) is 0 Å². The Labute approximate surface area is 189 Å². The lowest BCUT2D eigenvalue weighted by Gasteiger charge is -2.60. The minimum atomic E-state index is -1.10. The second-order valence-corrected chi connectivity index (χ2v) is 8.97. The number of hydrogen-bond acceptors (Lipinski definition) is 6. The molecule has 3 atom stereocenters. The van der Waals surface area contributed by atoms with Gasteiger partial charge in [-0.25, -0.2) is 9.18 Å². The van der Waals surface area contributed by atoms with Crippen LogP contribution in [-0.4, -0.2) is 57.1 Å². The first-order chi connectivity index (χ1) is 15.6. The average molecular weight is 456 g/mol. The van der Waals surface area contributed by atoms with Gasteiger partial charge in [0, 0.05) is 23.8 Å². The molecule has 0 aliphatic carbocycles. The molecule has 0 bridgehead atoms. The van der Waals surface area contributed by atoms with Gasteiger partial charge in [-0.3, -0.25) is 9.48 Å². The van der Waals surface area contributed by atoms with Crippen molar-refractivity contribution in [3.63, 3.8) is 0 Å². The molecule has 2 aromatic rings. The summed E-state index contributed by atoms with van der Waals surface area (Å²) in [7, 11) is 0. The van der Waals surface area contributed by atoms with Crippen molar-refractivity contribution in [1.29, 1.82) is 5.26 Å². The predicted molar refractivity (Wildman–Crippen MR) is 115 cm³/mol. The molecule has 2 aliphatic heterocycles. The number of halogens is 1. The van der Waals surface area contributed by atoms with Crippen LogP contribution in [0.25, 0.3) is 0 Å². The second-order valence-electron chi connectivity index (χ2n) is 8.97. The van der Waals surface area contributed by atoms with Gasteiger partial charge in [0.25, 0.3) is 5.91 Å². The normalized spacial score (nSPS) is 26.2. The molecule has 3 heterocycles. The Hall–Kier alpha value is -3.65. The van der Waals surface area contributed by atoms with Crippen LogP contribution in [0.4, 0.5) is 20.7 Å². The number of nitriles is 1. The number of likely N-dealkylation sites (tertiary alicyclic amines) is 1. The number of nitrogens with zero attached hydrogens (tertiary/aromatic N) is 4. The second kappa shape index (κ2) is 8.04. The largest absolute Gasteiger partial charge is 0.465 e. The summed E-state index contributed by atoms with van der Waals surface area (Å²) in [4.78, 5) is 25.5. The standard InChI is InChI=1S/C22H25FN6O4/c1-21(11-33-12-21)22(2)16(9-24)17(7-8-28(22)20(31)32)29-10-15(18(25)30)19(27-29)26-14-5-3-13(23)4-6-14/h3-6,10,16-17H,7-8,11-12H2,1-2H3,(H2,25,30)(H,26,27)(H,31,32). The van der Waals surface area contributed by atoms with Gasteiger partial charge in [0.1, 0.15) is 11.4 Å². The molecule has 33 heavy (non-hydrogen) atoms. The molecule has 1 aromatic heterocycles. The first kappa shape index (κ1) is 22.5. The molecule has 2 amide bonds. The van der Waals surface area contributed by atoms with E-state index in [1.165, 1.54) is 40.0 Å². The van der Waals surface area contributed by atoms with E-state index in [9.17, 15) is 24.3 Å². The third-order valence-corrected chi connectivity index (χ3v) is 7.08. The van der Waals surface area contributed by atoms with E-state index in [-0.39, 0.29) is 17.9 Å². The van der Waals surface area contributed by atoms with Gasteiger partial charge in [-0.1, -0.05) is 6.92 Å². The van der Waals surface area contributed by atoms with Gasteiger partial charge >= 0.3 is 6.09 Å². The highest BCUT2D eigenvalue weighted by molar-refractivity contribution is 5.98. The third-order valence-electron chi connectivity index (χ3n) is 7.08. The van der Waals surface area contributed by atoms with E-state index in [2.05, 4.69) is 16.5 Å². The summed E-state index contributed by atoms with van der Waals surface area (Å²) in [5.74, 6) is -1.72. The van der Waals surface area contributed by atoms with Crippen LogP contribution < -0.4 is 11.1 Å². The number of benzene rings is 1. The fourth-order valence-corrected chi connectivity index (χ4v) is 4.90. The van der Waals surface area contributed by atoms with Gasteiger partial charge in [0.2, 0.25) is 0 Å². The predicted octanol–water partition coefficient (Wildman–Crippen LogP) is 2.72. The van der Waals surface area contributed by atoms with Gasteiger partial charge in [0.05, 0.1) is 36.8 Å². The first-order valence-electron chi connectivity index (χ1n) is 10.5.